The third-order valence-electron chi connectivity index (χ3n) is 11.7. The van der Waals surface area contributed by atoms with Crippen molar-refractivity contribution in [2.24, 2.45) is 0 Å². The van der Waals surface area contributed by atoms with Crippen LogP contribution in [0.15, 0.2) is 0 Å². The van der Waals surface area contributed by atoms with E-state index in [1.165, 1.54) is 225 Å². The first kappa shape index (κ1) is 58.0. The van der Waals surface area contributed by atoms with Crippen LogP contribution in [0.2, 0.25) is 0 Å². The molecule has 350 valence electrons. The van der Waals surface area contributed by atoms with Crippen LogP contribution in [0.5, 0.6) is 0 Å². The summed E-state index contributed by atoms with van der Waals surface area (Å²) >= 11 is 0. The van der Waals surface area contributed by atoms with E-state index in [0.29, 0.717) is 30.8 Å². The molecule has 0 amide bonds. The van der Waals surface area contributed by atoms with Crippen molar-refractivity contribution in [3.05, 3.63) is 0 Å². The van der Waals surface area contributed by atoms with Gasteiger partial charge in [-0.05, 0) is 12.8 Å². The van der Waals surface area contributed by atoms with Crippen molar-refractivity contribution in [2.75, 3.05) is 60.7 Å². The molecule has 1 unspecified atom stereocenters. The highest BCUT2D eigenvalue weighted by Crippen LogP contribution is 2.38. The Balaban J connectivity index is 3.97. The zero-order chi connectivity index (χ0) is 42.5. The van der Waals surface area contributed by atoms with Crippen molar-refractivity contribution >= 4 is 7.82 Å². The maximum Gasteiger partial charge on any atom is 0.268 e. The maximum absolute atomic E-state index is 12.4. The summed E-state index contributed by atoms with van der Waals surface area (Å²) in [7, 11) is 1.62. The third kappa shape index (κ3) is 48.7. The second kappa shape index (κ2) is 45.0. The summed E-state index contributed by atoms with van der Waals surface area (Å²) < 4.78 is 35.5. The Bertz CT molecular complexity index is 839. The van der Waals surface area contributed by atoms with E-state index in [1.807, 2.05) is 21.1 Å². The van der Waals surface area contributed by atoms with E-state index in [4.69, 9.17) is 18.5 Å². The van der Waals surface area contributed by atoms with Crippen LogP contribution in [0.25, 0.3) is 0 Å². The molecule has 7 nitrogen and oxygen atoms in total. The molecule has 0 N–H and O–H groups in total. The normalized spacial score (nSPS) is 13.7. The van der Waals surface area contributed by atoms with Gasteiger partial charge in [-0.3, -0.25) is 4.57 Å². The fourth-order valence-corrected chi connectivity index (χ4v) is 8.44. The molecule has 0 aromatic carbocycles. The number of nitrogens with zero attached hydrogens (tertiary/aromatic N) is 1. The lowest BCUT2D eigenvalue weighted by molar-refractivity contribution is -0.870. The Morgan fingerprint density at radius 3 is 1.00 bits per heavy atom. The fourth-order valence-electron chi connectivity index (χ4n) is 7.71. The summed E-state index contributed by atoms with van der Waals surface area (Å²) in [6.07, 6.45) is 51.3. The quantitative estimate of drug-likeness (QED) is 0.0345. The van der Waals surface area contributed by atoms with Gasteiger partial charge in [0, 0.05) is 13.2 Å². The molecule has 0 spiro atoms. The Morgan fingerprint density at radius 1 is 0.397 bits per heavy atom. The number of phosphoric ester groups is 1. The number of ether oxygens (including phenoxy) is 2. The molecular weight excluding hydrogens is 742 g/mol. The smallest absolute Gasteiger partial charge is 0.268 e. The van der Waals surface area contributed by atoms with Gasteiger partial charge in [0.05, 0.1) is 34.4 Å². The molecule has 0 aliphatic carbocycles. The van der Waals surface area contributed by atoms with E-state index in [0.717, 1.165) is 19.3 Å². The van der Waals surface area contributed by atoms with E-state index < -0.39 is 13.9 Å². The molecule has 2 atom stereocenters. The molecule has 0 radical (unpaired) electrons. The molecule has 0 fully saturated rings. The summed E-state index contributed by atoms with van der Waals surface area (Å²) in [6, 6.07) is 0. The molecule has 0 aromatic rings. The Kier molecular flexibility index (Phi) is 45.0. The lowest BCUT2D eigenvalue weighted by atomic mass is 10.0. The van der Waals surface area contributed by atoms with Crippen molar-refractivity contribution in [3.63, 3.8) is 0 Å². The minimum atomic E-state index is -4.39. The van der Waals surface area contributed by atoms with Crippen molar-refractivity contribution < 1.29 is 32.5 Å². The summed E-state index contributed by atoms with van der Waals surface area (Å²) in [4.78, 5) is 12.4. The lowest BCUT2D eigenvalue weighted by Crippen LogP contribution is -2.37. The monoisotopic (exact) mass is 846 g/mol. The topological polar surface area (TPSA) is 77.1 Å². The van der Waals surface area contributed by atoms with E-state index in [2.05, 4.69) is 13.8 Å². The van der Waals surface area contributed by atoms with Gasteiger partial charge in [0.25, 0.3) is 7.82 Å². The number of hydrogen-bond donors (Lipinski definition) is 0. The van der Waals surface area contributed by atoms with E-state index in [1.54, 1.807) is 0 Å². The standard InChI is InChI=1S/C50H104NO6P/c1-6-8-10-12-14-16-18-20-22-24-26-28-30-32-34-36-38-40-42-45-54-48-50(49-57-58(52,53)56-47-44-51(3,4)5)55-46-43-41-39-37-35-33-31-29-27-25-23-21-19-17-15-13-11-9-7-2/h50H,6-49H2,1-5H3/t50-/m1/s1. The van der Waals surface area contributed by atoms with Crippen LogP contribution in [-0.4, -0.2) is 71.3 Å². The molecule has 0 aliphatic heterocycles. The molecule has 0 heterocycles. The van der Waals surface area contributed by atoms with Crippen LogP contribution in [0.3, 0.4) is 0 Å². The maximum atomic E-state index is 12.4. The Morgan fingerprint density at radius 2 is 0.690 bits per heavy atom. The summed E-state index contributed by atoms with van der Waals surface area (Å²) in [6.45, 7) is 6.82. The van der Waals surface area contributed by atoms with Crippen LogP contribution in [0.1, 0.15) is 258 Å². The first-order valence-corrected chi connectivity index (χ1v) is 27.3. The van der Waals surface area contributed by atoms with Gasteiger partial charge in [-0.1, -0.05) is 245 Å². The molecule has 0 aliphatic rings. The predicted molar refractivity (Wildman–Crippen MR) is 250 cm³/mol. The molecule has 0 aromatic heterocycles. The van der Waals surface area contributed by atoms with Crippen LogP contribution >= 0.6 is 7.82 Å². The van der Waals surface area contributed by atoms with Crippen LogP contribution in [0.4, 0.5) is 0 Å². The zero-order valence-electron chi connectivity index (χ0n) is 40.0. The van der Waals surface area contributed by atoms with Gasteiger partial charge in [0.2, 0.25) is 0 Å². The highest BCUT2D eigenvalue weighted by Gasteiger charge is 2.18. The first-order chi connectivity index (χ1) is 28.2. The molecule has 0 saturated carbocycles. The van der Waals surface area contributed by atoms with Crippen molar-refractivity contribution in [1.82, 2.24) is 0 Å². The summed E-state index contributed by atoms with van der Waals surface area (Å²) in [5.41, 5.74) is 0. The van der Waals surface area contributed by atoms with Gasteiger partial charge >= 0.3 is 0 Å². The second-order valence-corrected chi connectivity index (χ2v) is 20.3. The molecule has 8 heteroatoms. The average Bonchev–Trinajstić information content (AvgIpc) is 3.18. The summed E-state index contributed by atoms with van der Waals surface area (Å²) in [5.74, 6) is 0. The average molecular weight is 846 g/mol. The number of likely N-dealkylation sites (N-methyl/N-ethyl adjacent to an activating group) is 1. The van der Waals surface area contributed by atoms with Gasteiger partial charge in [-0.25, -0.2) is 0 Å². The van der Waals surface area contributed by atoms with Crippen molar-refractivity contribution in [2.45, 2.75) is 264 Å². The van der Waals surface area contributed by atoms with Gasteiger partial charge < -0.3 is 27.9 Å². The van der Waals surface area contributed by atoms with Crippen molar-refractivity contribution in [3.8, 4) is 0 Å². The SMILES string of the molecule is CCCCCCCCCCCCCCCCCCCCCOC[C@H](COP(=O)([O-])OCC[N+](C)(C)C)OCCCCCCCCCCCCCCCCCCCCC. The van der Waals surface area contributed by atoms with Gasteiger partial charge in [0.15, 0.2) is 0 Å². The number of rotatable bonds is 50. The van der Waals surface area contributed by atoms with Crippen LogP contribution in [-0.2, 0) is 23.1 Å². The molecule has 0 bridgehead atoms. The molecule has 58 heavy (non-hydrogen) atoms. The van der Waals surface area contributed by atoms with Gasteiger partial charge in [0.1, 0.15) is 19.3 Å². The minimum Gasteiger partial charge on any atom is -0.756 e. The van der Waals surface area contributed by atoms with E-state index in [9.17, 15) is 9.46 Å². The Labute approximate surface area is 363 Å². The largest absolute Gasteiger partial charge is 0.756 e. The number of unbranched alkanes of at least 4 members (excludes halogenated alkanes) is 36. The van der Waals surface area contributed by atoms with Crippen LogP contribution < -0.4 is 4.89 Å². The van der Waals surface area contributed by atoms with Gasteiger partial charge in [-0.2, -0.15) is 0 Å². The third-order valence-corrected chi connectivity index (χ3v) is 12.7. The van der Waals surface area contributed by atoms with E-state index in [-0.39, 0.29) is 13.2 Å². The number of phosphoric acid groups is 1. The minimum absolute atomic E-state index is 0.0660. The van der Waals surface area contributed by atoms with Crippen LogP contribution in [0, 0.1) is 0 Å². The summed E-state index contributed by atoms with van der Waals surface area (Å²) in [5, 5.41) is 0. The van der Waals surface area contributed by atoms with E-state index >= 15 is 0 Å². The second-order valence-electron chi connectivity index (χ2n) is 18.9. The van der Waals surface area contributed by atoms with Gasteiger partial charge in [-0.15, -0.1) is 0 Å². The number of quaternary nitrogens is 1. The highest BCUT2D eigenvalue weighted by atomic mass is 31.2. The number of hydrogen-bond acceptors (Lipinski definition) is 6. The fraction of sp³-hybridized carbons (Fsp3) is 1.00. The zero-order valence-corrected chi connectivity index (χ0v) is 40.9. The first-order valence-electron chi connectivity index (χ1n) is 25.8. The van der Waals surface area contributed by atoms with Crippen molar-refractivity contribution in [1.29, 1.82) is 0 Å². The Hall–Kier alpha value is -0.0100. The highest BCUT2D eigenvalue weighted by molar-refractivity contribution is 7.45. The molecule has 0 rings (SSSR count). The molecular formula is C50H104NO6P. The lowest BCUT2D eigenvalue weighted by Gasteiger charge is -2.28. The predicted octanol–water partition coefficient (Wildman–Crippen LogP) is 15.5. The molecule has 0 saturated heterocycles.